The monoisotopic (exact) mass is 389 g/mol. The molecule has 0 aliphatic carbocycles. The third-order valence-corrected chi connectivity index (χ3v) is 5.20. The summed E-state index contributed by atoms with van der Waals surface area (Å²) >= 11 is 1.20. The van der Waals surface area contributed by atoms with E-state index in [1.165, 1.54) is 34.1 Å². The van der Waals surface area contributed by atoms with Gasteiger partial charge in [0.2, 0.25) is 5.91 Å². The van der Waals surface area contributed by atoms with Crippen molar-refractivity contribution in [2.45, 2.75) is 33.2 Å². The van der Waals surface area contributed by atoms with Crippen molar-refractivity contribution in [3.05, 3.63) is 61.9 Å². The normalized spacial score (nSPS) is 11.1. The fourth-order valence-corrected chi connectivity index (χ4v) is 3.66. The van der Waals surface area contributed by atoms with Crippen LogP contribution in [-0.4, -0.2) is 21.6 Å². The van der Waals surface area contributed by atoms with Crippen LogP contribution in [0.2, 0.25) is 0 Å². The van der Waals surface area contributed by atoms with Crippen LogP contribution in [0.5, 0.6) is 0 Å². The number of unbranched alkanes of at least 4 members (excludes halogenated alkanes) is 1. The molecular weight excluding hydrogens is 369 g/mol. The predicted molar refractivity (Wildman–Crippen MR) is 104 cm³/mol. The molecule has 0 spiro atoms. The minimum absolute atomic E-state index is 0.184. The lowest BCUT2D eigenvalue weighted by Crippen LogP contribution is -2.41. The van der Waals surface area contributed by atoms with Gasteiger partial charge in [-0.25, -0.2) is 13.8 Å². The fraction of sp³-hybridized carbons (Fsp3) is 0.316. The molecule has 0 bridgehead atoms. The van der Waals surface area contributed by atoms with E-state index in [2.05, 4.69) is 5.32 Å². The number of rotatable bonds is 6. The maximum atomic E-state index is 13.6. The van der Waals surface area contributed by atoms with Gasteiger partial charge < -0.3 is 5.32 Å². The van der Waals surface area contributed by atoms with E-state index in [1.807, 2.05) is 6.92 Å². The maximum absolute atomic E-state index is 13.6. The number of carbonyl (C=O) groups excluding carboxylic acids is 1. The molecule has 0 unspecified atom stereocenters. The average molecular weight is 389 g/mol. The summed E-state index contributed by atoms with van der Waals surface area (Å²) in [5.74, 6) is -0.710. The molecule has 0 fully saturated rings. The van der Waals surface area contributed by atoms with E-state index in [4.69, 9.17) is 0 Å². The zero-order chi connectivity index (χ0) is 19.6. The first-order chi connectivity index (χ1) is 12.9. The van der Waals surface area contributed by atoms with Crippen molar-refractivity contribution in [3.63, 3.8) is 0 Å². The molecule has 0 radical (unpaired) electrons. The van der Waals surface area contributed by atoms with E-state index in [0.717, 1.165) is 17.4 Å². The van der Waals surface area contributed by atoms with Crippen LogP contribution < -0.4 is 16.6 Å². The van der Waals surface area contributed by atoms with Crippen molar-refractivity contribution < 1.29 is 9.18 Å². The van der Waals surface area contributed by atoms with Gasteiger partial charge in [-0.1, -0.05) is 13.3 Å². The number of benzene rings is 1. The second-order valence-corrected chi connectivity index (χ2v) is 7.20. The van der Waals surface area contributed by atoms with Gasteiger partial charge in [-0.3, -0.25) is 14.2 Å². The molecule has 8 heteroatoms. The highest BCUT2D eigenvalue weighted by Crippen LogP contribution is 2.17. The lowest BCUT2D eigenvalue weighted by Gasteiger charge is -2.13. The molecule has 0 saturated heterocycles. The molecule has 6 nitrogen and oxygen atoms in total. The fourth-order valence-electron chi connectivity index (χ4n) is 2.84. The molecule has 3 rings (SSSR count). The first kappa shape index (κ1) is 19.0. The Morgan fingerprint density at radius 3 is 2.74 bits per heavy atom. The van der Waals surface area contributed by atoms with Crippen molar-refractivity contribution in [2.75, 3.05) is 6.54 Å². The lowest BCUT2D eigenvalue weighted by atomic mass is 10.2. The van der Waals surface area contributed by atoms with Gasteiger partial charge in [0.05, 0.1) is 11.2 Å². The minimum Gasteiger partial charge on any atom is -0.355 e. The van der Waals surface area contributed by atoms with Gasteiger partial charge in [-0.2, -0.15) is 0 Å². The largest absolute Gasteiger partial charge is 0.355 e. The number of aryl methyl sites for hydroxylation is 1. The Balaban J connectivity index is 2.13. The van der Waals surface area contributed by atoms with E-state index in [9.17, 15) is 18.8 Å². The Bertz CT molecular complexity index is 1110. The molecule has 1 N–H and O–H groups in total. The van der Waals surface area contributed by atoms with Crippen LogP contribution in [0.4, 0.5) is 4.39 Å². The van der Waals surface area contributed by atoms with Crippen molar-refractivity contribution >= 4 is 27.5 Å². The number of amides is 1. The van der Waals surface area contributed by atoms with Gasteiger partial charge in [0.25, 0.3) is 5.56 Å². The minimum atomic E-state index is -0.623. The second kappa shape index (κ2) is 7.87. The van der Waals surface area contributed by atoms with Crippen LogP contribution >= 0.6 is 11.3 Å². The number of hydrogen-bond acceptors (Lipinski definition) is 4. The summed E-state index contributed by atoms with van der Waals surface area (Å²) in [6.45, 7) is 3.93. The number of nitrogens with one attached hydrogen (secondary N) is 1. The summed E-state index contributed by atoms with van der Waals surface area (Å²) < 4.78 is 16.2. The third kappa shape index (κ3) is 3.71. The topological polar surface area (TPSA) is 73.1 Å². The van der Waals surface area contributed by atoms with Crippen molar-refractivity contribution in [1.82, 2.24) is 14.5 Å². The van der Waals surface area contributed by atoms with Crippen molar-refractivity contribution in [2.24, 2.45) is 0 Å². The maximum Gasteiger partial charge on any atom is 0.336 e. The van der Waals surface area contributed by atoms with Gasteiger partial charge in [0.1, 0.15) is 17.1 Å². The molecule has 0 aliphatic heterocycles. The van der Waals surface area contributed by atoms with Gasteiger partial charge in [-0.15, -0.1) is 11.3 Å². The Morgan fingerprint density at radius 2 is 2.04 bits per heavy atom. The van der Waals surface area contributed by atoms with Gasteiger partial charge >= 0.3 is 5.69 Å². The van der Waals surface area contributed by atoms with Gasteiger partial charge in [0.15, 0.2) is 0 Å². The summed E-state index contributed by atoms with van der Waals surface area (Å²) in [7, 11) is 0. The van der Waals surface area contributed by atoms with Crippen molar-refractivity contribution in [3.8, 4) is 5.69 Å². The zero-order valence-electron chi connectivity index (χ0n) is 15.1. The highest BCUT2D eigenvalue weighted by atomic mass is 32.1. The molecule has 1 amide bonds. The Labute approximate surface area is 158 Å². The Morgan fingerprint density at radius 1 is 1.26 bits per heavy atom. The van der Waals surface area contributed by atoms with E-state index in [1.54, 1.807) is 18.4 Å². The molecule has 0 saturated carbocycles. The molecule has 0 aliphatic rings. The summed E-state index contributed by atoms with van der Waals surface area (Å²) in [5.41, 5.74) is -0.0646. The summed E-state index contributed by atoms with van der Waals surface area (Å²) in [6, 6.07) is 5.71. The van der Waals surface area contributed by atoms with Crippen LogP contribution in [0.25, 0.3) is 15.9 Å². The smallest absolute Gasteiger partial charge is 0.336 e. The summed E-state index contributed by atoms with van der Waals surface area (Å²) in [4.78, 5) is 38.1. The molecule has 1 aromatic carbocycles. The first-order valence-corrected chi connectivity index (χ1v) is 9.58. The zero-order valence-corrected chi connectivity index (χ0v) is 15.9. The highest BCUT2D eigenvalue weighted by molar-refractivity contribution is 7.17. The van der Waals surface area contributed by atoms with E-state index < -0.39 is 17.1 Å². The molecule has 2 aromatic heterocycles. The van der Waals surface area contributed by atoms with Gasteiger partial charge in [-0.05, 0) is 48.6 Å². The van der Waals surface area contributed by atoms with Gasteiger partial charge in [0, 0.05) is 6.54 Å². The number of fused-ring (bicyclic) bond motifs is 1. The average Bonchev–Trinajstić information content (AvgIpc) is 3.12. The molecule has 3 aromatic rings. The lowest BCUT2D eigenvalue weighted by molar-refractivity contribution is -0.121. The van der Waals surface area contributed by atoms with Crippen molar-refractivity contribution in [1.29, 1.82) is 0 Å². The second-order valence-electron chi connectivity index (χ2n) is 6.28. The molecule has 142 valence electrons. The summed E-state index contributed by atoms with van der Waals surface area (Å²) in [5, 5.41) is 4.48. The van der Waals surface area contributed by atoms with Crippen LogP contribution in [-0.2, 0) is 11.3 Å². The molecule has 27 heavy (non-hydrogen) atoms. The SMILES string of the molecule is CCCCNC(=O)Cn1c(=O)n(-c2ccc(F)c(C)c2)c(=O)c2sccc21. The molecule has 2 heterocycles. The molecule has 0 atom stereocenters. The quantitative estimate of drug-likeness (QED) is 0.659. The number of hydrogen-bond donors (Lipinski definition) is 1. The highest BCUT2D eigenvalue weighted by Gasteiger charge is 2.17. The standard InChI is InChI=1S/C19H20FN3O3S/c1-3-4-8-21-16(24)11-22-15-7-9-27-17(15)18(25)23(19(22)26)13-5-6-14(20)12(2)10-13/h5-7,9-10H,3-4,8,11H2,1-2H3,(H,21,24). The van der Waals surface area contributed by atoms with E-state index in [0.29, 0.717) is 22.3 Å². The number of nitrogens with zero attached hydrogens (tertiary/aromatic N) is 2. The third-order valence-electron chi connectivity index (χ3n) is 4.31. The van der Waals surface area contributed by atoms with Crippen LogP contribution in [0.15, 0.2) is 39.2 Å². The predicted octanol–water partition coefficient (Wildman–Crippen LogP) is 2.58. The number of halogens is 1. The first-order valence-electron chi connectivity index (χ1n) is 8.70. The number of thiophene rings is 1. The summed E-state index contributed by atoms with van der Waals surface area (Å²) in [6.07, 6.45) is 1.80. The van der Waals surface area contributed by atoms with E-state index >= 15 is 0 Å². The van der Waals surface area contributed by atoms with Crippen LogP contribution in [0.3, 0.4) is 0 Å². The number of carbonyl (C=O) groups is 1. The Kier molecular flexibility index (Phi) is 5.55. The number of aromatic nitrogens is 2. The molecular formula is C19H20FN3O3S. The van der Waals surface area contributed by atoms with E-state index in [-0.39, 0.29) is 18.1 Å². The Hall–Kier alpha value is -2.74. The van der Waals surface area contributed by atoms with Crippen LogP contribution in [0.1, 0.15) is 25.3 Å². The van der Waals surface area contributed by atoms with Crippen LogP contribution in [0, 0.1) is 12.7 Å².